The molecule has 1 aromatic rings. The lowest BCUT2D eigenvalue weighted by atomic mass is 9.71. The average Bonchev–Trinajstić information content (AvgIpc) is 2.30. The van der Waals surface area contributed by atoms with Gasteiger partial charge in [0.1, 0.15) is 0 Å². The van der Waals surface area contributed by atoms with Crippen LogP contribution in [0.15, 0.2) is 30.3 Å². The van der Waals surface area contributed by atoms with Crippen LogP contribution in [0.5, 0.6) is 0 Å². The second kappa shape index (κ2) is 4.57. The van der Waals surface area contributed by atoms with Crippen LogP contribution >= 0.6 is 11.6 Å². The number of halogens is 1. The Morgan fingerprint density at radius 2 is 1.67 bits per heavy atom. The van der Waals surface area contributed by atoms with Crippen LogP contribution in [-0.4, -0.2) is 0 Å². The normalized spacial score (nSPS) is 22.3. The van der Waals surface area contributed by atoms with E-state index in [0.29, 0.717) is 5.41 Å². The first-order valence-corrected chi connectivity index (χ1v) is 6.35. The minimum Gasteiger partial charge on any atom is -0.117 e. The summed E-state index contributed by atoms with van der Waals surface area (Å²) in [5.41, 5.74) is 1.59. The molecule has 15 heavy (non-hydrogen) atoms. The summed E-state index contributed by atoms with van der Waals surface area (Å²) in [5, 5.41) is 0.180. The molecule has 1 unspecified atom stereocenters. The molecular formula is C14H19Cl. The predicted molar refractivity (Wildman–Crippen MR) is 66.2 cm³/mol. The Bertz CT molecular complexity index is 298. The average molecular weight is 223 g/mol. The van der Waals surface area contributed by atoms with Crippen LogP contribution in [0.3, 0.4) is 0 Å². The Kier molecular flexibility index (Phi) is 3.35. The van der Waals surface area contributed by atoms with E-state index in [0.717, 1.165) is 0 Å². The first-order chi connectivity index (χ1) is 7.22. The summed E-state index contributed by atoms with van der Waals surface area (Å²) in [6, 6.07) is 10.5. The lowest BCUT2D eigenvalue weighted by molar-refractivity contribution is 0.206. The maximum atomic E-state index is 6.63. The van der Waals surface area contributed by atoms with E-state index in [1.54, 1.807) is 0 Å². The smallest absolute Gasteiger partial charge is 0.0638 e. The van der Waals surface area contributed by atoms with E-state index in [1.165, 1.54) is 37.7 Å². The lowest BCUT2D eigenvalue weighted by Gasteiger charge is -2.37. The minimum atomic E-state index is 0.180. The zero-order valence-corrected chi connectivity index (χ0v) is 10.1. The van der Waals surface area contributed by atoms with Gasteiger partial charge in [-0.2, -0.15) is 0 Å². The third-order valence-corrected chi connectivity index (χ3v) is 4.48. The Morgan fingerprint density at radius 3 is 2.27 bits per heavy atom. The van der Waals surface area contributed by atoms with Crippen molar-refractivity contribution in [3.63, 3.8) is 0 Å². The van der Waals surface area contributed by atoms with Crippen molar-refractivity contribution in [3.8, 4) is 0 Å². The van der Waals surface area contributed by atoms with Gasteiger partial charge in [0.25, 0.3) is 0 Å². The van der Waals surface area contributed by atoms with Gasteiger partial charge in [0.05, 0.1) is 5.38 Å². The monoisotopic (exact) mass is 222 g/mol. The maximum absolute atomic E-state index is 6.63. The van der Waals surface area contributed by atoms with Crippen molar-refractivity contribution >= 4 is 11.6 Å². The Hall–Kier alpha value is -0.490. The van der Waals surface area contributed by atoms with Gasteiger partial charge in [0, 0.05) is 0 Å². The molecule has 0 amide bonds. The Balaban J connectivity index is 2.16. The fourth-order valence-electron chi connectivity index (χ4n) is 2.64. The van der Waals surface area contributed by atoms with E-state index in [-0.39, 0.29) is 5.38 Å². The minimum absolute atomic E-state index is 0.180. The Labute approximate surface area is 97.6 Å². The first kappa shape index (κ1) is 11.0. The van der Waals surface area contributed by atoms with Crippen LogP contribution in [0.2, 0.25) is 0 Å². The van der Waals surface area contributed by atoms with Crippen molar-refractivity contribution in [2.24, 2.45) is 5.41 Å². The van der Waals surface area contributed by atoms with E-state index < -0.39 is 0 Å². The molecule has 0 radical (unpaired) electrons. The molecule has 0 saturated heterocycles. The maximum Gasteiger partial charge on any atom is 0.0638 e. The standard InChI is InChI=1S/C14H19Cl/c1-14(10-6-3-7-11-14)13(15)12-8-4-2-5-9-12/h2,4-5,8-9,13H,3,6-7,10-11H2,1H3. The van der Waals surface area contributed by atoms with Crippen LogP contribution in [0.4, 0.5) is 0 Å². The molecule has 0 N–H and O–H groups in total. The molecule has 1 aliphatic carbocycles. The number of hydrogen-bond donors (Lipinski definition) is 0. The highest BCUT2D eigenvalue weighted by Gasteiger charge is 2.34. The molecule has 1 atom stereocenters. The van der Waals surface area contributed by atoms with E-state index in [4.69, 9.17) is 11.6 Å². The van der Waals surface area contributed by atoms with Gasteiger partial charge >= 0.3 is 0 Å². The molecule has 0 bridgehead atoms. The molecule has 0 aromatic heterocycles. The van der Waals surface area contributed by atoms with Gasteiger partial charge in [-0.25, -0.2) is 0 Å². The highest BCUT2D eigenvalue weighted by atomic mass is 35.5. The summed E-state index contributed by atoms with van der Waals surface area (Å²) in [6.45, 7) is 2.34. The number of benzene rings is 1. The summed E-state index contributed by atoms with van der Waals surface area (Å²) < 4.78 is 0. The fourth-order valence-corrected chi connectivity index (χ4v) is 3.00. The van der Waals surface area contributed by atoms with Crippen molar-refractivity contribution in [2.45, 2.75) is 44.4 Å². The van der Waals surface area contributed by atoms with Crippen molar-refractivity contribution in [3.05, 3.63) is 35.9 Å². The van der Waals surface area contributed by atoms with E-state index in [9.17, 15) is 0 Å². The molecule has 0 heterocycles. The molecule has 1 saturated carbocycles. The summed E-state index contributed by atoms with van der Waals surface area (Å²) >= 11 is 6.63. The summed E-state index contributed by atoms with van der Waals surface area (Å²) in [6.07, 6.45) is 6.61. The number of hydrogen-bond acceptors (Lipinski definition) is 0. The van der Waals surface area contributed by atoms with E-state index in [2.05, 4.69) is 37.3 Å². The van der Waals surface area contributed by atoms with E-state index >= 15 is 0 Å². The number of alkyl halides is 1. The Morgan fingerprint density at radius 1 is 1.07 bits per heavy atom. The molecule has 82 valence electrons. The highest BCUT2D eigenvalue weighted by Crippen LogP contribution is 2.48. The van der Waals surface area contributed by atoms with Gasteiger partial charge < -0.3 is 0 Å². The largest absolute Gasteiger partial charge is 0.117 e. The molecule has 1 aromatic carbocycles. The molecule has 1 fully saturated rings. The van der Waals surface area contributed by atoms with Gasteiger partial charge in [-0.15, -0.1) is 11.6 Å². The van der Waals surface area contributed by atoms with Crippen LogP contribution in [0, 0.1) is 5.41 Å². The molecule has 0 spiro atoms. The van der Waals surface area contributed by atoms with Gasteiger partial charge in [0.2, 0.25) is 0 Å². The lowest BCUT2D eigenvalue weighted by Crippen LogP contribution is -2.25. The predicted octanol–water partition coefficient (Wildman–Crippen LogP) is 4.94. The molecule has 0 nitrogen and oxygen atoms in total. The molecule has 2 rings (SSSR count). The molecular weight excluding hydrogens is 204 g/mol. The van der Waals surface area contributed by atoms with Gasteiger partial charge in [-0.3, -0.25) is 0 Å². The van der Waals surface area contributed by atoms with Gasteiger partial charge in [-0.1, -0.05) is 56.5 Å². The van der Waals surface area contributed by atoms with Crippen LogP contribution < -0.4 is 0 Å². The fraction of sp³-hybridized carbons (Fsp3) is 0.571. The van der Waals surface area contributed by atoms with Gasteiger partial charge in [-0.05, 0) is 23.8 Å². The molecule has 0 aliphatic heterocycles. The third-order valence-electron chi connectivity index (χ3n) is 3.70. The van der Waals surface area contributed by atoms with E-state index in [1.807, 2.05) is 0 Å². The second-order valence-corrected chi connectivity index (χ2v) is 5.42. The van der Waals surface area contributed by atoms with Crippen molar-refractivity contribution < 1.29 is 0 Å². The first-order valence-electron chi connectivity index (χ1n) is 5.91. The van der Waals surface area contributed by atoms with Gasteiger partial charge in [0.15, 0.2) is 0 Å². The summed E-state index contributed by atoms with van der Waals surface area (Å²) in [5.74, 6) is 0. The van der Waals surface area contributed by atoms with Crippen molar-refractivity contribution in [1.29, 1.82) is 0 Å². The highest BCUT2D eigenvalue weighted by molar-refractivity contribution is 6.21. The zero-order chi connectivity index (χ0) is 10.7. The molecule has 1 heteroatoms. The topological polar surface area (TPSA) is 0 Å². The van der Waals surface area contributed by atoms with Crippen LogP contribution in [-0.2, 0) is 0 Å². The second-order valence-electron chi connectivity index (χ2n) is 4.99. The van der Waals surface area contributed by atoms with Crippen LogP contribution in [0.25, 0.3) is 0 Å². The van der Waals surface area contributed by atoms with Crippen molar-refractivity contribution in [2.75, 3.05) is 0 Å². The van der Waals surface area contributed by atoms with Crippen LogP contribution in [0.1, 0.15) is 50.0 Å². The van der Waals surface area contributed by atoms with Crippen molar-refractivity contribution in [1.82, 2.24) is 0 Å². The molecule has 1 aliphatic rings. The summed E-state index contributed by atoms with van der Waals surface area (Å²) in [7, 11) is 0. The SMILES string of the molecule is CC1(C(Cl)c2ccccc2)CCCCC1. The summed E-state index contributed by atoms with van der Waals surface area (Å²) in [4.78, 5) is 0. The zero-order valence-electron chi connectivity index (χ0n) is 9.38. The quantitative estimate of drug-likeness (QED) is 0.622. The number of rotatable bonds is 2. The third kappa shape index (κ3) is 2.36.